The number of nitrogens with one attached hydrogen (secondary N) is 1. The molecular formula is C16H28Cl2NO3P3. The Balaban J connectivity index is 3.23. The van der Waals surface area contributed by atoms with E-state index in [4.69, 9.17) is 32.2 Å². The second-order valence-corrected chi connectivity index (χ2v) is 8.16. The number of halogens is 2. The van der Waals surface area contributed by atoms with Crippen molar-refractivity contribution >= 4 is 51.5 Å². The molecule has 0 aromatic heterocycles. The minimum Gasteiger partial charge on any atom is -0.366 e. The largest absolute Gasteiger partial charge is 0.366 e. The Kier molecular flexibility index (Phi) is 10.6. The highest BCUT2D eigenvalue weighted by Gasteiger charge is 2.41. The first-order chi connectivity index (χ1) is 11.7. The molecule has 2 N–H and O–H groups in total. The van der Waals surface area contributed by atoms with E-state index < -0.39 is 17.9 Å². The molecule has 0 radical (unpaired) electrons. The molecule has 9 heteroatoms. The van der Waals surface area contributed by atoms with Crippen molar-refractivity contribution in [3.8, 4) is 0 Å². The molecule has 0 spiro atoms. The van der Waals surface area contributed by atoms with E-state index in [0.717, 1.165) is 12.0 Å². The Hall–Kier alpha value is 0.930. The summed E-state index contributed by atoms with van der Waals surface area (Å²) in [4.78, 5) is 0. The van der Waals surface area contributed by atoms with Crippen LogP contribution in [-0.4, -0.2) is 23.0 Å². The van der Waals surface area contributed by atoms with Crippen molar-refractivity contribution in [3.63, 3.8) is 0 Å². The van der Waals surface area contributed by atoms with E-state index in [1.807, 2.05) is 25.1 Å². The standard InChI is InChI=1S/C16H28Cl2NO3P3/c1-4-9(2)11(10-5-6-12(17)13(18)7-10)8-16(3,19-23)14(21-24)15(20)22-25/h5-7,9,11,14-15,19-20H,4,8,23-25H2,1-3H3/t9?,11?,14?,15?,16-/m1/s1. The van der Waals surface area contributed by atoms with Gasteiger partial charge in [0.1, 0.15) is 6.10 Å². The van der Waals surface area contributed by atoms with Gasteiger partial charge < -0.3 is 14.2 Å². The van der Waals surface area contributed by atoms with Crippen LogP contribution in [0.5, 0.6) is 0 Å². The Bertz CT molecular complexity index is 555. The summed E-state index contributed by atoms with van der Waals surface area (Å²) in [6, 6.07) is 5.75. The van der Waals surface area contributed by atoms with E-state index in [9.17, 15) is 5.11 Å². The van der Waals surface area contributed by atoms with Crippen LogP contribution >= 0.6 is 51.5 Å². The number of hydrogen-bond donors (Lipinski definition) is 2. The molecule has 0 bridgehead atoms. The van der Waals surface area contributed by atoms with Crippen LogP contribution in [0, 0.1) is 5.92 Å². The molecule has 7 unspecified atom stereocenters. The maximum atomic E-state index is 10.2. The molecule has 0 saturated carbocycles. The van der Waals surface area contributed by atoms with Gasteiger partial charge in [0, 0.05) is 18.9 Å². The summed E-state index contributed by atoms with van der Waals surface area (Å²) in [5.41, 5.74) is 0.543. The van der Waals surface area contributed by atoms with E-state index in [-0.39, 0.29) is 5.92 Å². The van der Waals surface area contributed by atoms with Crippen molar-refractivity contribution in [2.75, 3.05) is 0 Å². The predicted octanol–water partition coefficient (Wildman–Crippen LogP) is 4.95. The molecule has 0 heterocycles. The van der Waals surface area contributed by atoms with Gasteiger partial charge in [-0.05, 0) is 42.9 Å². The molecule has 0 fully saturated rings. The molecule has 0 aliphatic heterocycles. The molecule has 0 aliphatic rings. The summed E-state index contributed by atoms with van der Waals surface area (Å²) in [5, 5.41) is 14.5. The van der Waals surface area contributed by atoms with Crippen molar-refractivity contribution in [2.24, 2.45) is 5.92 Å². The fourth-order valence-corrected chi connectivity index (χ4v) is 4.16. The quantitative estimate of drug-likeness (QED) is 0.395. The number of rotatable bonds is 10. The van der Waals surface area contributed by atoms with E-state index in [0.29, 0.717) is 22.4 Å². The maximum absolute atomic E-state index is 10.2. The van der Waals surface area contributed by atoms with Gasteiger partial charge in [0.25, 0.3) is 0 Å². The summed E-state index contributed by atoms with van der Waals surface area (Å²) in [5.74, 6) is 0.589. The van der Waals surface area contributed by atoms with Crippen molar-refractivity contribution in [3.05, 3.63) is 33.8 Å². The second kappa shape index (κ2) is 11.1. The molecule has 1 aromatic rings. The number of aliphatic hydroxyl groups is 1. The molecule has 0 aliphatic carbocycles. The van der Waals surface area contributed by atoms with Gasteiger partial charge in [0.05, 0.1) is 15.6 Å². The molecular weight excluding hydrogens is 418 g/mol. The van der Waals surface area contributed by atoms with Gasteiger partial charge >= 0.3 is 0 Å². The Morgan fingerprint density at radius 3 is 2.32 bits per heavy atom. The van der Waals surface area contributed by atoms with Gasteiger partial charge in [-0.25, -0.2) is 0 Å². The molecule has 0 saturated heterocycles. The van der Waals surface area contributed by atoms with Crippen LogP contribution in [0.4, 0.5) is 0 Å². The van der Waals surface area contributed by atoms with Crippen LogP contribution in [0.2, 0.25) is 10.0 Å². The third kappa shape index (κ3) is 6.21. The summed E-state index contributed by atoms with van der Waals surface area (Å²) >= 11 is 12.3. The third-order valence-corrected chi connectivity index (χ3v) is 6.82. The Morgan fingerprint density at radius 1 is 1.24 bits per heavy atom. The monoisotopic (exact) mass is 445 g/mol. The zero-order chi connectivity index (χ0) is 19.2. The molecule has 25 heavy (non-hydrogen) atoms. The first-order valence-electron chi connectivity index (χ1n) is 8.05. The topological polar surface area (TPSA) is 50.7 Å². The van der Waals surface area contributed by atoms with E-state index in [1.54, 1.807) is 0 Å². The molecule has 1 rings (SSSR count). The van der Waals surface area contributed by atoms with Gasteiger partial charge in [-0.1, -0.05) is 58.9 Å². The van der Waals surface area contributed by atoms with Crippen molar-refractivity contribution in [1.29, 1.82) is 0 Å². The number of hydrogen-bond acceptors (Lipinski definition) is 4. The van der Waals surface area contributed by atoms with Crippen LogP contribution in [0.15, 0.2) is 18.2 Å². The van der Waals surface area contributed by atoms with E-state index >= 15 is 0 Å². The SMILES string of the molecule is CCC(C)C(C[C@@](C)(NP)C(OP)C(O)OP)c1ccc(Cl)c(Cl)c1. The Morgan fingerprint density at radius 2 is 1.88 bits per heavy atom. The Labute approximate surface area is 167 Å². The zero-order valence-electron chi connectivity index (χ0n) is 14.7. The molecule has 4 nitrogen and oxygen atoms in total. The lowest BCUT2D eigenvalue weighted by atomic mass is 9.75. The van der Waals surface area contributed by atoms with Gasteiger partial charge in [-0.3, -0.25) is 5.09 Å². The van der Waals surface area contributed by atoms with Crippen molar-refractivity contribution in [2.45, 2.75) is 57.5 Å². The van der Waals surface area contributed by atoms with Crippen LogP contribution in [-0.2, 0) is 9.05 Å². The van der Waals surface area contributed by atoms with Crippen LogP contribution in [0.25, 0.3) is 0 Å². The normalized spacial score (nSPS) is 19.1. The highest BCUT2D eigenvalue weighted by molar-refractivity contribution is 7.13. The smallest absolute Gasteiger partial charge is 0.186 e. The minimum atomic E-state index is -1.09. The lowest BCUT2D eigenvalue weighted by Gasteiger charge is -2.41. The predicted molar refractivity (Wildman–Crippen MR) is 116 cm³/mol. The number of aliphatic hydroxyl groups excluding tert-OH is 1. The third-order valence-electron chi connectivity index (χ3n) is 4.85. The minimum absolute atomic E-state index is 0.192. The summed E-state index contributed by atoms with van der Waals surface area (Å²) in [6.07, 6.45) is 0.0226. The average Bonchev–Trinajstić information content (AvgIpc) is 2.61. The van der Waals surface area contributed by atoms with Gasteiger partial charge in [0.2, 0.25) is 0 Å². The van der Waals surface area contributed by atoms with E-state index in [1.165, 1.54) is 0 Å². The summed E-state index contributed by atoms with van der Waals surface area (Å²) < 4.78 is 10.5. The van der Waals surface area contributed by atoms with Crippen LogP contribution in [0.1, 0.15) is 45.1 Å². The zero-order valence-corrected chi connectivity index (χ0v) is 19.7. The van der Waals surface area contributed by atoms with Gasteiger partial charge in [0.15, 0.2) is 6.29 Å². The molecule has 8 atom stereocenters. The molecule has 0 amide bonds. The highest BCUT2D eigenvalue weighted by Crippen LogP contribution is 2.39. The van der Waals surface area contributed by atoms with Gasteiger partial charge in [-0.2, -0.15) is 0 Å². The lowest BCUT2D eigenvalue weighted by molar-refractivity contribution is -0.108. The maximum Gasteiger partial charge on any atom is 0.186 e. The van der Waals surface area contributed by atoms with Gasteiger partial charge in [-0.15, -0.1) is 0 Å². The first-order valence-corrected chi connectivity index (χ1v) is 10.3. The molecule has 144 valence electrons. The van der Waals surface area contributed by atoms with Crippen LogP contribution in [0.3, 0.4) is 0 Å². The number of benzene rings is 1. The van der Waals surface area contributed by atoms with Crippen molar-refractivity contribution < 1.29 is 14.2 Å². The fourth-order valence-electron chi connectivity index (χ4n) is 2.99. The van der Waals surface area contributed by atoms with Crippen molar-refractivity contribution in [1.82, 2.24) is 5.09 Å². The first kappa shape index (κ1) is 24.0. The van der Waals surface area contributed by atoms with Crippen LogP contribution < -0.4 is 5.09 Å². The summed E-state index contributed by atoms with van der Waals surface area (Å²) in [6.45, 7) is 6.36. The fraction of sp³-hybridized carbons (Fsp3) is 0.625. The molecule has 1 aromatic carbocycles. The van der Waals surface area contributed by atoms with E-state index in [2.05, 4.69) is 47.3 Å². The second-order valence-electron chi connectivity index (χ2n) is 6.51. The highest BCUT2D eigenvalue weighted by atomic mass is 35.5. The average molecular weight is 446 g/mol. The summed E-state index contributed by atoms with van der Waals surface area (Å²) in [7, 11) is 6.80. The lowest BCUT2D eigenvalue weighted by Crippen LogP contribution is -2.55.